The summed E-state index contributed by atoms with van der Waals surface area (Å²) in [4.78, 5) is 10.5. The molecule has 0 spiro atoms. The molecule has 0 aliphatic carbocycles. The van der Waals surface area contributed by atoms with Crippen LogP contribution in [-0.2, 0) is 0 Å². The first kappa shape index (κ1) is 6.81. The second-order valence-corrected chi connectivity index (χ2v) is 1.73. The van der Waals surface area contributed by atoms with Crippen molar-refractivity contribution in [2.24, 2.45) is 5.84 Å². The molecule has 1 unspecified atom stereocenters. The van der Waals surface area contributed by atoms with Crippen LogP contribution < -0.4 is 22.3 Å². The molecule has 0 bridgehead atoms. The molecular formula is C3H7N5O2. The maximum absolute atomic E-state index is 10.5. The van der Waals surface area contributed by atoms with Gasteiger partial charge >= 0.3 is 0 Å². The van der Waals surface area contributed by atoms with Gasteiger partial charge < -0.3 is 10.9 Å². The number of quaternary nitrogens is 1. The van der Waals surface area contributed by atoms with E-state index in [9.17, 15) is 10.0 Å². The molecule has 0 saturated carbocycles. The molecule has 0 aromatic carbocycles. The highest BCUT2D eigenvalue weighted by atomic mass is 16.5. The number of nitrogens with one attached hydrogen (secondary N) is 3. The number of aromatic amines is 2. The summed E-state index contributed by atoms with van der Waals surface area (Å²) in [5.74, 6) is 4.74. The van der Waals surface area contributed by atoms with Crippen molar-refractivity contribution in [3.8, 4) is 0 Å². The summed E-state index contributed by atoms with van der Waals surface area (Å²) in [5, 5.41) is 14.0. The van der Waals surface area contributed by atoms with Crippen molar-refractivity contribution in [3.05, 3.63) is 15.6 Å². The summed E-state index contributed by atoms with van der Waals surface area (Å²) in [6.45, 7) is 0. The van der Waals surface area contributed by atoms with E-state index in [1.807, 2.05) is 0 Å². The monoisotopic (exact) mass is 145 g/mol. The zero-order chi connectivity index (χ0) is 7.72. The molecule has 1 aromatic rings. The van der Waals surface area contributed by atoms with Crippen LogP contribution in [0.15, 0.2) is 4.79 Å². The minimum absolute atomic E-state index is 0.0787. The molecule has 0 radical (unpaired) electrons. The van der Waals surface area contributed by atoms with Crippen molar-refractivity contribution in [1.82, 2.24) is 10.2 Å². The lowest BCUT2D eigenvalue weighted by Gasteiger charge is -2.10. The van der Waals surface area contributed by atoms with Gasteiger partial charge in [-0.25, -0.2) is 10.3 Å². The Morgan fingerprint density at radius 3 is 2.30 bits per heavy atom. The first-order chi connectivity index (χ1) is 4.63. The molecular weight excluding hydrogens is 138 g/mol. The molecule has 0 fully saturated rings. The quantitative estimate of drug-likeness (QED) is 0.215. The van der Waals surface area contributed by atoms with Crippen molar-refractivity contribution in [2.45, 2.75) is 0 Å². The van der Waals surface area contributed by atoms with Gasteiger partial charge in [0, 0.05) is 0 Å². The maximum atomic E-state index is 10.5. The Hall–Kier alpha value is -1.31. The third-order valence-electron chi connectivity index (χ3n) is 1.06. The van der Waals surface area contributed by atoms with Gasteiger partial charge in [-0.15, -0.1) is 0 Å². The molecule has 0 amide bonds. The Bertz CT molecular complexity index is 273. The van der Waals surface area contributed by atoms with E-state index >= 15 is 0 Å². The molecule has 0 aliphatic rings. The molecule has 7 N–H and O–H groups in total. The Morgan fingerprint density at radius 2 is 2.10 bits per heavy atom. The highest BCUT2D eigenvalue weighted by molar-refractivity contribution is 5.50. The lowest BCUT2D eigenvalue weighted by Crippen LogP contribution is -3.08. The first-order valence-electron chi connectivity index (χ1n) is 2.49. The number of H-pyrrole nitrogens is 2. The van der Waals surface area contributed by atoms with Crippen LogP contribution in [0.4, 0.5) is 11.5 Å². The number of rotatable bonds is 1. The summed E-state index contributed by atoms with van der Waals surface area (Å²) in [7, 11) is 0. The summed E-state index contributed by atoms with van der Waals surface area (Å²) in [5.41, 5.74) is 4.42. The Morgan fingerprint density at radius 1 is 1.50 bits per heavy atom. The average Bonchev–Trinajstić information content (AvgIpc) is 2.14. The second kappa shape index (κ2) is 2.14. The number of hydrogen-bond donors (Lipinski definition) is 5. The molecule has 10 heavy (non-hydrogen) atoms. The van der Waals surface area contributed by atoms with Gasteiger partial charge in [0.25, 0.3) is 11.4 Å². The third-order valence-corrected chi connectivity index (χ3v) is 1.06. The van der Waals surface area contributed by atoms with E-state index in [4.69, 9.17) is 11.6 Å². The fourth-order valence-corrected chi connectivity index (χ4v) is 0.562. The van der Waals surface area contributed by atoms with Gasteiger partial charge in [0.05, 0.1) is 0 Å². The lowest BCUT2D eigenvalue weighted by molar-refractivity contribution is -0.791. The van der Waals surface area contributed by atoms with Crippen LogP contribution in [-0.4, -0.2) is 10.2 Å². The van der Waals surface area contributed by atoms with Crippen LogP contribution in [0.1, 0.15) is 0 Å². The van der Waals surface area contributed by atoms with Crippen LogP contribution in [0.2, 0.25) is 0 Å². The molecule has 1 atom stereocenters. The molecule has 1 aromatic heterocycles. The maximum Gasteiger partial charge on any atom is 0.293 e. The normalized spacial score (nSPS) is 13.4. The fraction of sp³-hybridized carbons (Fsp3) is 0. The van der Waals surface area contributed by atoms with Crippen LogP contribution in [0, 0.1) is 5.21 Å². The highest BCUT2D eigenvalue weighted by Gasteiger charge is 2.09. The van der Waals surface area contributed by atoms with E-state index in [1.54, 1.807) is 0 Å². The summed E-state index contributed by atoms with van der Waals surface area (Å²) in [6, 6.07) is 0. The van der Waals surface area contributed by atoms with E-state index in [2.05, 4.69) is 10.2 Å². The van der Waals surface area contributed by atoms with Crippen molar-refractivity contribution >= 4 is 11.5 Å². The predicted octanol–water partition coefficient (Wildman–Crippen LogP) is -2.83. The van der Waals surface area contributed by atoms with Crippen LogP contribution in [0.5, 0.6) is 0 Å². The van der Waals surface area contributed by atoms with Gasteiger partial charge in [0.15, 0.2) is 5.69 Å². The smallest absolute Gasteiger partial charge is 0.293 e. The molecule has 7 heteroatoms. The summed E-state index contributed by atoms with van der Waals surface area (Å²) in [6.07, 6.45) is 0. The Labute approximate surface area is 55.1 Å². The molecule has 1 heterocycles. The van der Waals surface area contributed by atoms with E-state index < -0.39 is 10.7 Å². The molecule has 0 saturated heterocycles. The molecule has 56 valence electrons. The van der Waals surface area contributed by atoms with E-state index in [0.29, 0.717) is 0 Å². The van der Waals surface area contributed by atoms with Crippen LogP contribution >= 0.6 is 0 Å². The highest BCUT2D eigenvalue weighted by Crippen LogP contribution is 1.98. The molecule has 1 rings (SSSR count). The Kier molecular flexibility index (Phi) is 1.45. The minimum atomic E-state index is -0.754. The van der Waals surface area contributed by atoms with Gasteiger partial charge in [-0.05, 0) is 0 Å². The van der Waals surface area contributed by atoms with Crippen molar-refractivity contribution in [1.29, 1.82) is 0 Å². The minimum Gasteiger partial charge on any atom is -0.607 e. The number of nitrogen functional groups attached to an aromatic ring is 2. The van der Waals surface area contributed by atoms with E-state index in [-0.39, 0.29) is 11.5 Å². The molecule has 7 nitrogen and oxygen atoms in total. The van der Waals surface area contributed by atoms with Crippen molar-refractivity contribution in [2.75, 3.05) is 5.73 Å². The van der Waals surface area contributed by atoms with Gasteiger partial charge in [0.1, 0.15) is 0 Å². The largest absolute Gasteiger partial charge is 0.607 e. The lowest BCUT2D eigenvalue weighted by atomic mass is 10.5. The van der Waals surface area contributed by atoms with Crippen LogP contribution in [0.3, 0.4) is 0 Å². The van der Waals surface area contributed by atoms with E-state index in [0.717, 1.165) is 0 Å². The van der Waals surface area contributed by atoms with Gasteiger partial charge in [-0.3, -0.25) is 9.89 Å². The predicted molar refractivity (Wildman–Crippen MR) is 34.0 cm³/mol. The Balaban J connectivity index is 3.18. The fourth-order valence-electron chi connectivity index (χ4n) is 0.562. The standard InChI is InChI=1S/C3H7N5O2/c4-1-2(8(5)10)6-7-3(1)9/h8H,4-5H2,(H2,6,7,9). The topological polar surface area (TPSA) is 128 Å². The number of nitrogens with two attached hydrogens (primary N) is 2. The van der Waals surface area contributed by atoms with E-state index in [1.165, 1.54) is 0 Å². The zero-order valence-electron chi connectivity index (χ0n) is 4.97. The molecule has 0 aliphatic heterocycles. The third kappa shape index (κ3) is 0.880. The summed E-state index contributed by atoms with van der Waals surface area (Å²) >= 11 is 0. The number of anilines is 1. The summed E-state index contributed by atoms with van der Waals surface area (Å²) < 4.78 is 0. The second-order valence-electron chi connectivity index (χ2n) is 1.73. The first-order valence-corrected chi connectivity index (χ1v) is 2.49. The number of hydrogen-bond acceptors (Lipinski definition) is 4. The zero-order valence-corrected chi connectivity index (χ0v) is 4.97. The van der Waals surface area contributed by atoms with Gasteiger partial charge in [0.2, 0.25) is 0 Å². The van der Waals surface area contributed by atoms with Crippen LogP contribution in [0.25, 0.3) is 0 Å². The van der Waals surface area contributed by atoms with Gasteiger partial charge in [-0.1, -0.05) is 0 Å². The van der Waals surface area contributed by atoms with Crippen molar-refractivity contribution < 1.29 is 5.17 Å². The van der Waals surface area contributed by atoms with Crippen molar-refractivity contribution in [3.63, 3.8) is 0 Å². The van der Waals surface area contributed by atoms with Gasteiger partial charge in [-0.2, -0.15) is 5.84 Å². The SMILES string of the molecule is Nc1c([NH+](N)[O-])[nH][nH]c1=O. The number of aromatic nitrogens is 2. The average molecular weight is 145 g/mol.